The number of carbonyl (C=O) groups excluding carboxylic acids is 1. The molecule has 5 heteroatoms. The summed E-state index contributed by atoms with van der Waals surface area (Å²) in [6, 6.07) is 0. The highest BCUT2D eigenvalue weighted by Crippen LogP contribution is 2.26. The average Bonchev–Trinajstić information content (AvgIpc) is 2.69. The number of thiazole rings is 1. The Morgan fingerprint density at radius 3 is 2.72 bits per heavy atom. The predicted molar refractivity (Wildman–Crippen MR) is 73.6 cm³/mol. The number of rotatable bonds is 3. The van der Waals surface area contributed by atoms with Gasteiger partial charge in [-0.3, -0.25) is 9.69 Å². The summed E-state index contributed by atoms with van der Waals surface area (Å²) in [7, 11) is 1.70. The van der Waals surface area contributed by atoms with E-state index >= 15 is 0 Å². The quantitative estimate of drug-likeness (QED) is 0.905. The van der Waals surface area contributed by atoms with Crippen molar-refractivity contribution >= 4 is 17.2 Å². The third kappa shape index (κ3) is 2.90. The standard InChI is InChI=1S/C13H21N3OS/c1-13(2,3)10-8-18-11(15-10)7-16-5-9(6-16)12(17)14-4/h8-9H,5-7H2,1-4H3,(H,14,17). The minimum Gasteiger partial charge on any atom is -0.359 e. The highest BCUT2D eigenvalue weighted by Gasteiger charge is 2.32. The average molecular weight is 267 g/mol. The maximum atomic E-state index is 11.4. The first-order valence-corrected chi connectivity index (χ1v) is 7.17. The van der Waals surface area contributed by atoms with Crippen LogP contribution in [0, 0.1) is 5.92 Å². The van der Waals surface area contributed by atoms with Gasteiger partial charge in [-0.2, -0.15) is 0 Å². The Morgan fingerprint density at radius 2 is 2.22 bits per heavy atom. The molecule has 1 N–H and O–H groups in total. The van der Waals surface area contributed by atoms with Crippen molar-refractivity contribution in [2.75, 3.05) is 20.1 Å². The lowest BCUT2D eigenvalue weighted by Gasteiger charge is -2.37. The van der Waals surface area contributed by atoms with E-state index < -0.39 is 0 Å². The van der Waals surface area contributed by atoms with Crippen molar-refractivity contribution < 1.29 is 4.79 Å². The molecule has 2 rings (SSSR count). The van der Waals surface area contributed by atoms with E-state index in [9.17, 15) is 4.79 Å². The SMILES string of the molecule is CNC(=O)C1CN(Cc2nc(C(C)(C)C)cs2)C1. The van der Waals surface area contributed by atoms with Crippen molar-refractivity contribution in [3.8, 4) is 0 Å². The van der Waals surface area contributed by atoms with Gasteiger partial charge in [0.25, 0.3) is 0 Å². The predicted octanol–water partition coefficient (Wildman–Crippen LogP) is 1.62. The number of hydrogen-bond donors (Lipinski definition) is 1. The molecule has 1 aromatic heterocycles. The molecule has 0 radical (unpaired) electrons. The number of hydrogen-bond acceptors (Lipinski definition) is 4. The Balaban J connectivity index is 1.86. The fourth-order valence-electron chi connectivity index (χ4n) is 1.99. The van der Waals surface area contributed by atoms with Crippen LogP contribution in [0.15, 0.2) is 5.38 Å². The Kier molecular flexibility index (Phi) is 3.73. The first kappa shape index (κ1) is 13.5. The molecule has 100 valence electrons. The minimum atomic E-state index is 0.119. The molecule has 1 saturated heterocycles. The van der Waals surface area contributed by atoms with Crippen LogP contribution in [0.4, 0.5) is 0 Å². The summed E-state index contributed by atoms with van der Waals surface area (Å²) in [5, 5.41) is 5.99. The van der Waals surface area contributed by atoms with E-state index in [1.165, 1.54) is 0 Å². The molecule has 0 unspecified atom stereocenters. The van der Waals surface area contributed by atoms with E-state index in [-0.39, 0.29) is 17.2 Å². The number of carbonyl (C=O) groups is 1. The third-order valence-electron chi connectivity index (χ3n) is 3.25. The lowest BCUT2D eigenvalue weighted by Crippen LogP contribution is -2.52. The molecular formula is C13H21N3OS. The summed E-state index contributed by atoms with van der Waals surface area (Å²) in [6.07, 6.45) is 0. The summed E-state index contributed by atoms with van der Waals surface area (Å²) < 4.78 is 0. The molecule has 0 aliphatic carbocycles. The molecule has 1 aliphatic heterocycles. The van der Waals surface area contributed by atoms with E-state index in [1.807, 2.05) is 0 Å². The Morgan fingerprint density at radius 1 is 1.56 bits per heavy atom. The van der Waals surface area contributed by atoms with Gasteiger partial charge in [0, 0.05) is 30.9 Å². The van der Waals surface area contributed by atoms with E-state index in [1.54, 1.807) is 18.4 Å². The molecule has 4 nitrogen and oxygen atoms in total. The van der Waals surface area contributed by atoms with Crippen LogP contribution >= 0.6 is 11.3 Å². The molecule has 0 aromatic carbocycles. The fourth-order valence-corrected chi connectivity index (χ4v) is 3.05. The van der Waals surface area contributed by atoms with Gasteiger partial charge < -0.3 is 5.32 Å². The van der Waals surface area contributed by atoms with E-state index in [2.05, 4.69) is 41.4 Å². The molecule has 1 aromatic rings. The summed E-state index contributed by atoms with van der Waals surface area (Å²) in [5.74, 6) is 0.317. The maximum Gasteiger partial charge on any atom is 0.225 e. The second-order valence-corrected chi connectivity index (χ2v) is 6.82. The molecule has 2 heterocycles. The molecule has 1 amide bonds. The zero-order chi connectivity index (χ0) is 13.3. The number of likely N-dealkylation sites (tertiary alicyclic amines) is 1. The van der Waals surface area contributed by atoms with Gasteiger partial charge >= 0.3 is 0 Å². The van der Waals surface area contributed by atoms with Crippen molar-refractivity contribution in [3.63, 3.8) is 0 Å². The molecular weight excluding hydrogens is 246 g/mol. The first-order valence-electron chi connectivity index (χ1n) is 6.29. The molecule has 0 saturated carbocycles. The number of amides is 1. The maximum absolute atomic E-state index is 11.4. The van der Waals surface area contributed by atoms with Gasteiger partial charge in [0.15, 0.2) is 0 Å². The van der Waals surface area contributed by atoms with Gasteiger partial charge in [0.2, 0.25) is 5.91 Å². The van der Waals surface area contributed by atoms with Gasteiger partial charge in [-0.05, 0) is 0 Å². The van der Waals surface area contributed by atoms with Crippen LogP contribution in [-0.4, -0.2) is 35.9 Å². The molecule has 1 aliphatic rings. The summed E-state index contributed by atoms with van der Waals surface area (Å²) in [4.78, 5) is 18.3. The first-order chi connectivity index (χ1) is 8.40. The summed E-state index contributed by atoms with van der Waals surface area (Å²) >= 11 is 1.72. The van der Waals surface area contributed by atoms with Crippen LogP contribution in [0.3, 0.4) is 0 Å². The van der Waals surface area contributed by atoms with Crippen LogP contribution in [0.2, 0.25) is 0 Å². The largest absolute Gasteiger partial charge is 0.359 e. The van der Waals surface area contributed by atoms with Crippen molar-refractivity contribution in [3.05, 3.63) is 16.1 Å². The van der Waals surface area contributed by atoms with Gasteiger partial charge in [-0.15, -0.1) is 11.3 Å². The lowest BCUT2D eigenvalue weighted by molar-refractivity contribution is -0.129. The van der Waals surface area contributed by atoms with Crippen molar-refractivity contribution in [2.45, 2.75) is 32.7 Å². The minimum absolute atomic E-state index is 0.119. The van der Waals surface area contributed by atoms with Crippen LogP contribution in [0.5, 0.6) is 0 Å². The van der Waals surface area contributed by atoms with Gasteiger partial charge in [0.1, 0.15) is 5.01 Å². The van der Waals surface area contributed by atoms with Gasteiger partial charge in [-0.1, -0.05) is 20.8 Å². The van der Waals surface area contributed by atoms with Crippen molar-refractivity contribution in [2.24, 2.45) is 5.92 Å². The van der Waals surface area contributed by atoms with Crippen LogP contribution in [-0.2, 0) is 16.8 Å². The normalized spacial score (nSPS) is 17.6. The van der Waals surface area contributed by atoms with E-state index in [4.69, 9.17) is 0 Å². The topological polar surface area (TPSA) is 45.2 Å². The molecule has 0 spiro atoms. The third-order valence-corrected chi connectivity index (χ3v) is 4.09. The fraction of sp³-hybridized carbons (Fsp3) is 0.692. The van der Waals surface area contributed by atoms with Crippen LogP contribution in [0.25, 0.3) is 0 Å². The second kappa shape index (κ2) is 4.97. The lowest BCUT2D eigenvalue weighted by atomic mass is 9.93. The second-order valence-electron chi connectivity index (χ2n) is 5.88. The van der Waals surface area contributed by atoms with Crippen molar-refractivity contribution in [1.82, 2.24) is 15.2 Å². The van der Waals surface area contributed by atoms with E-state index in [0.29, 0.717) is 0 Å². The Hall–Kier alpha value is -0.940. The molecule has 0 atom stereocenters. The van der Waals surface area contributed by atoms with Crippen LogP contribution < -0.4 is 5.32 Å². The molecule has 18 heavy (non-hydrogen) atoms. The zero-order valence-corrected chi connectivity index (χ0v) is 12.3. The van der Waals surface area contributed by atoms with Crippen molar-refractivity contribution in [1.29, 1.82) is 0 Å². The van der Waals surface area contributed by atoms with E-state index in [0.717, 1.165) is 30.3 Å². The number of aromatic nitrogens is 1. The Bertz CT molecular complexity index is 430. The van der Waals surface area contributed by atoms with Gasteiger partial charge in [0.05, 0.1) is 18.2 Å². The molecule has 0 bridgehead atoms. The summed E-state index contributed by atoms with van der Waals surface area (Å²) in [5.41, 5.74) is 1.28. The van der Waals surface area contributed by atoms with Gasteiger partial charge in [-0.25, -0.2) is 4.98 Å². The highest BCUT2D eigenvalue weighted by molar-refractivity contribution is 7.09. The smallest absolute Gasteiger partial charge is 0.225 e. The summed E-state index contributed by atoms with van der Waals surface area (Å²) in [6.45, 7) is 9.10. The number of nitrogens with zero attached hydrogens (tertiary/aromatic N) is 2. The molecule has 1 fully saturated rings. The highest BCUT2D eigenvalue weighted by atomic mass is 32.1. The Labute approximate surface area is 112 Å². The monoisotopic (exact) mass is 267 g/mol. The van der Waals surface area contributed by atoms with Crippen LogP contribution in [0.1, 0.15) is 31.5 Å². The zero-order valence-electron chi connectivity index (χ0n) is 11.5. The number of nitrogens with one attached hydrogen (secondary N) is 1.